The molecule has 2 rings (SSSR count). The number of hydrogen-bond donors (Lipinski definition) is 0. The minimum Gasteiger partial charge on any atom is -0.463 e. The molecule has 2 aromatic heterocycles. The maximum absolute atomic E-state index is 14.0. The first-order chi connectivity index (χ1) is 11.2. The Morgan fingerprint density at radius 1 is 1.29 bits per heavy atom. The molecule has 0 aliphatic rings. The summed E-state index contributed by atoms with van der Waals surface area (Å²) in [5.41, 5.74) is 0.497. The van der Waals surface area contributed by atoms with E-state index in [2.05, 4.69) is 19.7 Å². The van der Waals surface area contributed by atoms with Gasteiger partial charge in [-0.1, -0.05) is 11.8 Å². The molecule has 0 aliphatic carbocycles. The number of ether oxygens (including phenoxy) is 1. The highest BCUT2D eigenvalue weighted by Crippen LogP contribution is 2.28. The second-order valence-corrected chi connectivity index (χ2v) is 5.32. The van der Waals surface area contributed by atoms with Crippen LogP contribution < -0.4 is 4.74 Å². The highest BCUT2D eigenvalue weighted by atomic mass is 32.2. The molecule has 0 aliphatic heterocycles. The first kappa shape index (κ1) is 17.9. The van der Waals surface area contributed by atoms with Gasteiger partial charge in [-0.25, -0.2) is 19.3 Å². The lowest BCUT2D eigenvalue weighted by Crippen LogP contribution is -2.31. The van der Waals surface area contributed by atoms with Crippen molar-refractivity contribution in [3.05, 3.63) is 29.8 Å². The molecular weight excluding hydrogens is 348 g/mol. The summed E-state index contributed by atoms with van der Waals surface area (Å²) in [7, 11) is 0. The first-order valence-corrected chi connectivity index (χ1v) is 7.69. The largest absolute Gasteiger partial charge is 0.463 e. The molecule has 5 nitrogen and oxygen atoms in total. The summed E-state index contributed by atoms with van der Waals surface area (Å²) < 4.78 is 55.8. The van der Waals surface area contributed by atoms with Gasteiger partial charge in [-0.05, 0) is 19.2 Å². The molecule has 0 bridgehead atoms. The van der Waals surface area contributed by atoms with Crippen molar-refractivity contribution in [2.75, 3.05) is 6.26 Å². The number of aromatic nitrogens is 3. The van der Waals surface area contributed by atoms with Crippen LogP contribution in [0.3, 0.4) is 0 Å². The molecule has 0 unspecified atom stereocenters. The zero-order chi connectivity index (χ0) is 17.9. The highest BCUT2D eigenvalue weighted by molar-refractivity contribution is 7.98. The molecule has 0 fully saturated rings. The summed E-state index contributed by atoms with van der Waals surface area (Å²) in [4.78, 5) is 11.6. The van der Waals surface area contributed by atoms with E-state index in [-0.39, 0.29) is 17.0 Å². The molecule has 0 aromatic carbocycles. The lowest BCUT2D eigenvalue weighted by Gasteiger charge is -2.17. The van der Waals surface area contributed by atoms with E-state index in [1.54, 1.807) is 6.26 Å². The second kappa shape index (κ2) is 7.00. The Labute approximate surface area is 138 Å². The number of halogens is 4. The van der Waals surface area contributed by atoms with Crippen molar-refractivity contribution in [1.29, 1.82) is 5.26 Å². The third-order valence-electron chi connectivity index (χ3n) is 2.86. The fourth-order valence-electron chi connectivity index (χ4n) is 1.61. The Balaban J connectivity index is 2.35. The summed E-state index contributed by atoms with van der Waals surface area (Å²) in [5.74, 6) is -1.82. The lowest BCUT2D eigenvalue weighted by atomic mass is 10.2. The van der Waals surface area contributed by atoms with Crippen LogP contribution in [0.4, 0.5) is 17.6 Å². The van der Waals surface area contributed by atoms with Gasteiger partial charge in [-0.3, -0.25) is 0 Å². The minimum atomic E-state index is -4.63. The standard InChI is InChI=1S/C14H10F4N4OS/c1-7(14(16,17)18)23-12-10(15)3-8(6-20-12)11-4-9(5-19)21-13(22-11)24-2/h3-4,6-7H,1-2H3/t7-/m1/s1. The minimum absolute atomic E-state index is 0.0794. The van der Waals surface area contributed by atoms with Crippen molar-refractivity contribution in [1.82, 2.24) is 15.0 Å². The molecule has 0 saturated carbocycles. The zero-order valence-corrected chi connectivity index (χ0v) is 13.2. The number of rotatable bonds is 4. The summed E-state index contributed by atoms with van der Waals surface area (Å²) in [5, 5.41) is 9.24. The van der Waals surface area contributed by atoms with Gasteiger partial charge in [-0.15, -0.1) is 0 Å². The SMILES string of the molecule is CSc1nc(C#N)cc(-c2cnc(O[C@H](C)C(F)(F)F)c(F)c2)n1. The van der Waals surface area contributed by atoms with Gasteiger partial charge >= 0.3 is 6.18 Å². The van der Waals surface area contributed by atoms with Crippen LogP contribution in [0.5, 0.6) is 5.88 Å². The molecule has 0 N–H and O–H groups in total. The van der Waals surface area contributed by atoms with Crippen molar-refractivity contribution >= 4 is 11.8 Å². The van der Waals surface area contributed by atoms with Gasteiger partial charge in [0.2, 0.25) is 0 Å². The average molecular weight is 358 g/mol. The second-order valence-electron chi connectivity index (χ2n) is 4.55. The number of nitrogens with zero attached hydrogens (tertiary/aromatic N) is 4. The molecule has 0 radical (unpaired) electrons. The van der Waals surface area contributed by atoms with Crippen molar-refractivity contribution in [3.8, 4) is 23.2 Å². The van der Waals surface area contributed by atoms with Gasteiger partial charge in [0.05, 0.1) is 5.69 Å². The molecule has 2 aromatic rings. The van der Waals surface area contributed by atoms with E-state index in [1.165, 1.54) is 17.8 Å². The van der Waals surface area contributed by atoms with Crippen molar-refractivity contribution in [3.63, 3.8) is 0 Å². The Kier molecular flexibility index (Phi) is 5.23. The third-order valence-corrected chi connectivity index (χ3v) is 3.40. The monoisotopic (exact) mass is 358 g/mol. The van der Waals surface area contributed by atoms with Crippen LogP contribution in [0.25, 0.3) is 11.3 Å². The zero-order valence-electron chi connectivity index (χ0n) is 12.4. The average Bonchev–Trinajstić information content (AvgIpc) is 2.55. The Bertz CT molecular complexity index is 791. The predicted octanol–water partition coefficient (Wildman–Crippen LogP) is 3.60. The normalized spacial score (nSPS) is 12.5. The van der Waals surface area contributed by atoms with E-state index in [0.29, 0.717) is 5.16 Å². The first-order valence-electron chi connectivity index (χ1n) is 6.47. The van der Waals surface area contributed by atoms with E-state index >= 15 is 0 Å². The fourth-order valence-corrected chi connectivity index (χ4v) is 1.99. The van der Waals surface area contributed by atoms with Crippen LogP contribution >= 0.6 is 11.8 Å². The number of alkyl halides is 3. The van der Waals surface area contributed by atoms with Crippen LogP contribution in [0.15, 0.2) is 23.5 Å². The molecular formula is C14H10F4N4OS. The summed E-state index contributed by atoms with van der Waals surface area (Å²) in [6.45, 7) is 0.753. The van der Waals surface area contributed by atoms with Crippen molar-refractivity contribution in [2.45, 2.75) is 24.4 Å². The maximum atomic E-state index is 14.0. The van der Waals surface area contributed by atoms with Crippen LogP contribution in [0, 0.1) is 17.1 Å². The number of thioether (sulfide) groups is 1. The van der Waals surface area contributed by atoms with Gasteiger partial charge in [0.1, 0.15) is 11.8 Å². The predicted molar refractivity (Wildman–Crippen MR) is 77.9 cm³/mol. The van der Waals surface area contributed by atoms with E-state index in [0.717, 1.165) is 19.2 Å². The number of pyridine rings is 1. The molecule has 0 amide bonds. The van der Waals surface area contributed by atoms with Gasteiger partial charge in [0, 0.05) is 17.8 Å². The van der Waals surface area contributed by atoms with Crippen LogP contribution in [-0.4, -0.2) is 33.5 Å². The van der Waals surface area contributed by atoms with Crippen LogP contribution in [0.1, 0.15) is 12.6 Å². The molecule has 10 heteroatoms. The van der Waals surface area contributed by atoms with Gasteiger partial charge in [-0.2, -0.15) is 18.4 Å². The Hall–Kier alpha value is -2.41. The van der Waals surface area contributed by atoms with Crippen LogP contribution in [0.2, 0.25) is 0 Å². The van der Waals surface area contributed by atoms with E-state index in [9.17, 15) is 17.6 Å². The number of hydrogen-bond acceptors (Lipinski definition) is 6. The smallest absolute Gasteiger partial charge is 0.425 e. The summed E-state index contributed by atoms with van der Waals surface area (Å²) in [6, 6.07) is 4.12. The molecule has 0 spiro atoms. The van der Waals surface area contributed by atoms with E-state index in [1.807, 2.05) is 6.07 Å². The number of nitriles is 1. The Morgan fingerprint density at radius 3 is 2.54 bits per heavy atom. The van der Waals surface area contributed by atoms with Crippen molar-refractivity contribution in [2.24, 2.45) is 0 Å². The van der Waals surface area contributed by atoms with Crippen LogP contribution in [-0.2, 0) is 0 Å². The molecule has 0 saturated heterocycles. The topological polar surface area (TPSA) is 71.7 Å². The quantitative estimate of drug-likeness (QED) is 0.472. The molecule has 24 heavy (non-hydrogen) atoms. The van der Waals surface area contributed by atoms with E-state index in [4.69, 9.17) is 5.26 Å². The fraction of sp³-hybridized carbons (Fsp3) is 0.286. The van der Waals surface area contributed by atoms with E-state index < -0.39 is 24.0 Å². The van der Waals surface area contributed by atoms with Gasteiger partial charge in [0.15, 0.2) is 17.1 Å². The van der Waals surface area contributed by atoms with Gasteiger partial charge < -0.3 is 4.74 Å². The summed E-state index contributed by atoms with van der Waals surface area (Å²) >= 11 is 1.19. The molecule has 126 valence electrons. The third kappa shape index (κ3) is 4.11. The summed E-state index contributed by atoms with van der Waals surface area (Å²) in [6.07, 6.45) is -4.00. The Morgan fingerprint density at radius 2 is 2.00 bits per heavy atom. The highest BCUT2D eigenvalue weighted by Gasteiger charge is 2.38. The molecule has 2 heterocycles. The maximum Gasteiger partial charge on any atom is 0.425 e. The lowest BCUT2D eigenvalue weighted by molar-refractivity contribution is -0.190. The molecule has 1 atom stereocenters. The van der Waals surface area contributed by atoms with Gasteiger partial charge in [0.25, 0.3) is 5.88 Å². The van der Waals surface area contributed by atoms with Crippen molar-refractivity contribution < 1.29 is 22.3 Å².